The van der Waals surface area contributed by atoms with Gasteiger partial charge in [0.05, 0.1) is 12.1 Å². The summed E-state index contributed by atoms with van der Waals surface area (Å²) in [6, 6.07) is 12.1. The van der Waals surface area contributed by atoms with E-state index < -0.39 is 12.3 Å². The Morgan fingerprint density at radius 1 is 1.14 bits per heavy atom. The molecule has 0 unspecified atom stereocenters. The fraction of sp³-hybridized carbons (Fsp3) is 0.118. The number of hydrogen-bond donors (Lipinski definition) is 1. The van der Waals surface area contributed by atoms with Gasteiger partial charge in [-0.15, -0.1) is 18.3 Å². The fourth-order valence-electron chi connectivity index (χ4n) is 2.36. The van der Waals surface area contributed by atoms with Crippen LogP contribution in [0.3, 0.4) is 0 Å². The number of carbonyl (C=O) groups is 1. The smallest absolute Gasteiger partial charge is 0.406 e. The molecule has 11 heteroatoms. The number of ether oxygens (including phenoxy) is 1. The molecule has 1 heterocycles. The Bertz CT molecular complexity index is 1020. The molecule has 0 atom stereocenters. The largest absolute Gasteiger partial charge is 0.573 e. The zero-order valence-corrected chi connectivity index (χ0v) is 14.1. The molecule has 8 nitrogen and oxygen atoms in total. The monoisotopic (exact) mass is 389 g/mol. The van der Waals surface area contributed by atoms with Crippen molar-refractivity contribution < 1.29 is 22.7 Å². The van der Waals surface area contributed by atoms with E-state index >= 15 is 0 Å². The van der Waals surface area contributed by atoms with Crippen molar-refractivity contribution in [2.24, 2.45) is 5.11 Å². The number of aromatic nitrogens is 3. The number of benzene rings is 2. The van der Waals surface area contributed by atoms with Crippen LogP contribution in [0.15, 0.2) is 60.0 Å². The maximum atomic E-state index is 12.2. The van der Waals surface area contributed by atoms with Crippen molar-refractivity contribution >= 4 is 5.91 Å². The quantitative estimate of drug-likeness (QED) is 0.533. The molecule has 142 valence electrons. The summed E-state index contributed by atoms with van der Waals surface area (Å²) in [5, 5.41) is 7.41. The Hall–Kier alpha value is -3.85. The van der Waals surface area contributed by atoms with Gasteiger partial charge in [0.25, 0.3) is 0 Å². The zero-order chi connectivity index (χ0) is 20.1. The van der Waals surface area contributed by atoms with E-state index in [4.69, 9.17) is 5.53 Å². The highest BCUT2D eigenvalue weighted by atomic mass is 19.4. The molecular formula is C17H12F3N6O2+. The Kier molecular flexibility index (Phi) is 5.28. The van der Waals surface area contributed by atoms with Crippen molar-refractivity contribution in [3.63, 3.8) is 0 Å². The summed E-state index contributed by atoms with van der Waals surface area (Å²) in [5.41, 5.74) is 8.43. The Balaban J connectivity index is 1.73. The molecule has 0 radical (unpaired) electrons. The first-order valence-corrected chi connectivity index (χ1v) is 7.81. The number of carbonyl (C=O) groups excluding carboxylic acids is 1. The van der Waals surface area contributed by atoms with Crippen molar-refractivity contribution in [2.75, 3.05) is 0 Å². The molecule has 0 aliphatic heterocycles. The van der Waals surface area contributed by atoms with Gasteiger partial charge >= 0.3 is 12.3 Å². The number of halogens is 3. The van der Waals surface area contributed by atoms with Crippen LogP contribution in [-0.4, -0.2) is 27.0 Å². The van der Waals surface area contributed by atoms with Crippen LogP contribution in [-0.2, 0) is 11.2 Å². The molecule has 1 N–H and O–H groups in total. The lowest BCUT2D eigenvalue weighted by Gasteiger charge is -2.09. The molecule has 28 heavy (non-hydrogen) atoms. The summed E-state index contributed by atoms with van der Waals surface area (Å²) >= 11 is 0. The predicted octanol–water partition coefficient (Wildman–Crippen LogP) is 3.45. The molecule has 0 saturated heterocycles. The summed E-state index contributed by atoms with van der Waals surface area (Å²) in [4.78, 5) is 18.2. The van der Waals surface area contributed by atoms with E-state index in [0.29, 0.717) is 22.6 Å². The molecular weight excluding hydrogens is 377 g/mol. The molecule has 0 bridgehead atoms. The molecule has 3 rings (SSSR count). The van der Waals surface area contributed by atoms with Gasteiger partial charge in [-0.2, -0.15) is 0 Å². The van der Waals surface area contributed by atoms with Gasteiger partial charge in [-0.3, -0.25) is 4.79 Å². The van der Waals surface area contributed by atoms with E-state index in [2.05, 4.69) is 24.8 Å². The Labute approximate surface area is 155 Å². The summed E-state index contributed by atoms with van der Waals surface area (Å²) in [5.74, 6) is -0.450. The van der Waals surface area contributed by atoms with Crippen molar-refractivity contribution in [3.05, 3.63) is 60.4 Å². The van der Waals surface area contributed by atoms with Gasteiger partial charge in [0, 0.05) is 5.56 Å². The highest BCUT2D eigenvalue weighted by Crippen LogP contribution is 2.24. The summed E-state index contributed by atoms with van der Waals surface area (Å²) in [7, 11) is 0. The molecule has 1 amide bonds. The molecule has 0 fully saturated rings. The van der Waals surface area contributed by atoms with E-state index in [1.54, 1.807) is 24.3 Å². The summed E-state index contributed by atoms with van der Waals surface area (Å²) in [6.45, 7) is 0. The lowest BCUT2D eigenvalue weighted by Crippen LogP contribution is -2.17. The highest BCUT2D eigenvalue weighted by Gasteiger charge is 2.31. The maximum absolute atomic E-state index is 12.2. The van der Waals surface area contributed by atoms with Crippen LogP contribution in [0.25, 0.3) is 17.1 Å². The first-order valence-electron chi connectivity index (χ1n) is 7.81. The lowest BCUT2D eigenvalue weighted by molar-refractivity contribution is -0.274. The minimum Gasteiger partial charge on any atom is -0.406 e. The SMILES string of the molecule is N=[N+]=NC(=O)Cc1ccc(-c2ncn(-c3ccc(OC(F)(F)F)cc3)n2)cc1. The van der Waals surface area contributed by atoms with Crippen LogP contribution in [0.5, 0.6) is 5.75 Å². The van der Waals surface area contributed by atoms with Crippen molar-refractivity contribution in [1.29, 1.82) is 5.53 Å². The van der Waals surface area contributed by atoms with Gasteiger partial charge in [-0.1, -0.05) is 24.3 Å². The minimum absolute atomic E-state index is 0.0247. The van der Waals surface area contributed by atoms with Gasteiger partial charge in [-0.25, -0.2) is 9.67 Å². The van der Waals surface area contributed by atoms with Crippen LogP contribution in [0.2, 0.25) is 0 Å². The predicted molar refractivity (Wildman–Crippen MR) is 89.5 cm³/mol. The van der Waals surface area contributed by atoms with Gasteiger partial charge < -0.3 is 4.74 Å². The van der Waals surface area contributed by atoms with Gasteiger partial charge in [0.15, 0.2) is 10.9 Å². The van der Waals surface area contributed by atoms with Crippen molar-refractivity contribution in [1.82, 2.24) is 19.7 Å². The number of rotatable bonds is 5. The van der Waals surface area contributed by atoms with E-state index in [-0.39, 0.29) is 12.2 Å². The average molecular weight is 389 g/mol. The maximum Gasteiger partial charge on any atom is 0.573 e. The number of nitrogens with one attached hydrogen (secondary N) is 1. The van der Waals surface area contributed by atoms with Gasteiger partial charge in [-0.05, 0) is 29.8 Å². The first kappa shape index (κ1) is 18.9. The van der Waals surface area contributed by atoms with Crippen LogP contribution >= 0.6 is 0 Å². The number of alkyl halides is 3. The topological polar surface area (TPSA) is 107 Å². The third-order valence-corrected chi connectivity index (χ3v) is 3.56. The summed E-state index contributed by atoms with van der Waals surface area (Å²) in [6.07, 6.45) is -3.29. The highest BCUT2D eigenvalue weighted by molar-refractivity contribution is 5.78. The zero-order valence-electron chi connectivity index (χ0n) is 14.1. The standard InChI is InChI=1S/C17H12F3N6O2/c18-17(19,20)28-14-7-5-13(6-8-14)26-10-22-16(24-26)12-3-1-11(2-4-12)9-15(27)23-25-21/h1-8,10,21H,9H2/q+1. The van der Waals surface area contributed by atoms with Gasteiger partial charge in [0.1, 0.15) is 17.6 Å². The second-order valence-electron chi connectivity index (χ2n) is 5.52. The van der Waals surface area contributed by atoms with Crippen LogP contribution in [0, 0.1) is 5.53 Å². The Morgan fingerprint density at radius 2 is 1.82 bits per heavy atom. The molecule has 0 aliphatic rings. The second kappa shape index (κ2) is 7.80. The van der Waals surface area contributed by atoms with E-state index in [9.17, 15) is 18.0 Å². The normalized spacial score (nSPS) is 11.0. The van der Waals surface area contributed by atoms with Crippen LogP contribution in [0.1, 0.15) is 5.56 Å². The third kappa shape index (κ3) is 4.86. The average Bonchev–Trinajstić information content (AvgIpc) is 3.12. The van der Waals surface area contributed by atoms with Crippen LogP contribution < -0.4 is 9.65 Å². The molecule has 0 saturated carbocycles. The Morgan fingerprint density at radius 3 is 2.43 bits per heavy atom. The number of nitrogens with zero attached hydrogens (tertiary/aromatic N) is 5. The summed E-state index contributed by atoms with van der Waals surface area (Å²) < 4.78 is 41.9. The van der Waals surface area contributed by atoms with E-state index in [0.717, 1.165) is 0 Å². The van der Waals surface area contributed by atoms with E-state index in [1.165, 1.54) is 35.3 Å². The minimum atomic E-state index is -4.75. The lowest BCUT2D eigenvalue weighted by atomic mass is 10.1. The van der Waals surface area contributed by atoms with Gasteiger partial charge in [0.2, 0.25) is 4.91 Å². The van der Waals surface area contributed by atoms with Crippen molar-refractivity contribution in [2.45, 2.75) is 12.8 Å². The number of hydrogen-bond acceptors (Lipinski definition) is 5. The molecule has 0 spiro atoms. The molecule has 0 aliphatic carbocycles. The number of amides is 1. The molecule has 3 aromatic rings. The molecule has 1 aromatic heterocycles. The van der Waals surface area contributed by atoms with Crippen LogP contribution in [0.4, 0.5) is 13.2 Å². The fourth-order valence-corrected chi connectivity index (χ4v) is 2.36. The first-order chi connectivity index (χ1) is 13.3. The second-order valence-corrected chi connectivity index (χ2v) is 5.52. The van der Waals surface area contributed by atoms with E-state index in [1.807, 2.05) is 0 Å². The third-order valence-electron chi connectivity index (χ3n) is 3.56. The van der Waals surface area contributed by atoms with Crippen molar-refractivity contribution in [3.8, 4) is 22.8 Å². The molecule has 2 aromatic carbocycles.